The number of aliphatic hydroxyl groups is 2. The zero-order chi connectivity index (χ0) is 7.72. The largest absolute Gasteiger partial charge is 0.384 e. The highest BCUT2D eigenvalue weighted by molar-refractivity contribution is 5.02. The topological polar surface area (TPSA) is 57.1 Å². The zero-order valence-corrected chi connectivity index (χ0v) is 5.86. The summed E-state index contributed by atoms with van der Waals surface area (Å²) in [5, 5.41) is 20.2. The Hall–Kier alpha value is -0.560. The highest BCUT2D eigenvalue weighted by Gasteiger charge is 2.41. The number of nitrogens with two attached hydrogens (primary N) is 1. The molecule has 3 heteroatoms. The molecule has 0 bridgehead atoms. The monoisotopic (exact) mass is 142 g/mol. The standard InChI is InChI=1S/C7H11NO2/c1-3-5-7(10)6(9)4(2)8-5/h1,4-10H,2H3/p+1/t4-,5-,6+,7-/m0/s1. The number of rotatable bonds is 0. The van der Waals surface area contributed by atoms with Crippen LogP contribution in [0.3, 0.4) is 0 Å². The lowest BCUT2D eigenvalue weighted by Crippen LogP contribution is -2.92. The van der Waals surface area contributed by atoms with Crippen molar-refractivity contribution in [2.24, 2.45) is 0 Å². The fraction of sp³-hybridized carbons (Fsp3) is 0.714. The van der Waals surface area contributed by atoms with Crippen molar-refractivity contribution in [3.63, 3.8) is 0 Å². The van der Waals surface area contributed by atoms with Crippen LogP contribution in [0.15, 0.2) is 0 Å². The molecule has 1 heterocycles. The maximum absolute atomic E-state index is 9.20. The Morgan fingerprint density at radius 2 is 2.00 bits per heavy atom. The van der Waals surface area contributed by atoms with E-state index in [1.54, 1.807) is 5.32 Å². The van der Waals surface area contributed by atoms with Crippen molar-refractivity contribution in [3.8, 4) is 12.3 Å². The van der Waals surface area contributed by atoms with Crippen LogP contribution >= 0.6 is 0 Å². The molecule has 3 nitrogen and oxygen atoms in total. The molecule has 1 rings (SSSR count). The third kappa shape index (κ3) is 1.01. The Kier molecular flexibility index (Phi) is 1.95. The third-order valence-electron chi connectivity index (χ3n) is 1.96. The molecule has 0 amide bonds. The maximum Gasteiger partial charge on any atom is 0.176 e. The predicted octanol–water partition coefficient (Wildman–Crippen LogP) is -2.32. The van der Waals surface area contributed by atoms with E-state index < -0.39 is 12.2 Å². The van der Waals surface area contributed by atoms with Gasteiger partial charge in [-0.1, -0.05) is 0 Å². The molecule has 0 aromatic carbocycles. The molecule has 0 aromatic rings. The van der Waals surface area contributed by atoms with Gasteiger partial charge < -0.3 is 15.5 Å². The average Bonchev–Trinajstić information content (AvgIpc) is 2.17. The highest BCUT2D eigenvalue weighted by Crippen LogP contribution is 2.05. The molecule has 10 heavy (non-hydrogen) atoms. The fourth-order valence-corrected chi connectivity index (χ4v) is 1.23. The molecule has 1 saturated heterocycles. The van der Waals surface area contributed by atoms with Gasteiger partial charge in [0, 0.05) is 0 Å². The lowest BCUT2D eigenvalue weighted by Gasteiger charge is -2.05. The smallest absolute Gasteiger partial charge is 0.176 e. The number of hydrogen-bond acceptors (Lipinski definition) is 2. The van der Waals surface area contributed by atoms with E-state index in [0.29, 0.717) is 0 Å². The van der Waals surface area contributed by atoms with Crippen LogP contribution in [-0.2, 0) is 0 Å². The first-order chi connectivity index (χ1) is 4.66. The maximum atomic E-state index is 9.20. The summed E-state index contributed by atoms with van der Waals surface area (Å²) in [4.78, 5) is 0. The number of hydrogen-bond donors (Lipinski definition) is 3. The molecule has 1 fully saturated rings. The Morgan fingerprint density at radius 1 is 1.40 bits per heavy atom. The van der Waals surface area contributed by atoms with Crippen molar-refractivity contribution in [2.75, 3.05) is 0 Å². The summed E-state index contributed by atoms with van der Waals surface area (Å²) in [6.07, 6.45) is 3.65. The van der Waals surface area contributed by atoms with E-state index in [2.05, 4.69) is 5.92 Å². The molecule has 0 radical (unpaired) electrons. The van der Waals surface area contributed by atoms with Crippen LogP contribution in [0.25, 0.3) is 0 Å². The summed E-state index contributed by atoms with van der Waals surface area (Å²) in [5.41, 5.74) is 0. The first kappa shape index (κ1) is 7.55. The van der Waals surface area contributed by atoms with Gasteiger partial charge >= 0.3 is 0 Å². The number of quaternary nitrogens is 1. The van der Waals surface area contributed by atoms with Gasteiger partial charge in [-0.3, -0.25) is 0 Å². The van der Waals surface area contributed by atoms with E-state index in [4.69, 9.17) is 6.42 Å². The zero-order valence-electron chi connectivity index (χ0n) is 5.86. The van der Waals surface area contributed by atoms with E-state index in [0.717, 1.165) is 0 Å². The van der Waals surface area contributed by atoms with E-state index in [1.165, 1.54) is 0 Å². The lowest BCUT2D eigenvalue weighted by atomic mass is 10.1. The van der Waals surface area contributed by atoms with Crippen LogP contribution in [0.1, 0.15) is 6.92 Å². The summed E-state index contributed by atoms with van der Waals surface area (Å²) >= 11 is 0. The van der Waals surface area contributed by atoms with E-state index in [-0.39, 0.29) is 12.1 Å². The van der Waals surface area contributed by atoms with E-state index in [1.807, 2.05) is 6.92 Å². The Labute approximate surface area is 60.1 Å². The minimum atomic E-state index is -0.764. The van der Waals surface area contributed by atoms with Gasteiger partial charge in [0.25, 0.3) is 0 Å². The third-order valence-corrected chi connectivity index (χ3v) is 1.96. The summed E-state index contributed by atoms with van der Waals surface area (Å²) in [5.74, 6) is 2.41. The van der Waals surface area contributed by atoms with Crippen LogP contribution in [-0.4, -0.2) is 34.5 Å². The van der Waals surface area contributed by atoms with Crippen molar-refractivity contribution in [1.29, 1.82) is 0 Å². The first-order valence-electron chi connectivity index (χ1n) is 3.34. The fourth-order valence-electron chi connectivity index (χ4n) is 1.23. The van der Waals surface area contributed by atoms with Crippen LogP contribution < -0.4 is 5.32 Å². The molecule has 1 aliphatic heterocycles. The number of terminal acetylenes is 1. The molecular formula is C7H12NO2+. The second kappa shape index (κ2) is 2.59. The Balaban J connectivity index is 2.64. The SMILES string of the molecule is C#C[C@@H]1[NH2+][C@@H](C)[C@@H](O)[C@H]1O. The second-order valence-corrected chi connectivity index (χ2v) is 2.73. The second-order valence-electron chi connectivity index (χ2n) is 2.73. The number of aliphatic hydroxyl groups excluding tert-OH is 2. The van der Waals surface area contributed by atoms with Gasteiger partial charge in [0.15, 0.2) is 6.04 Å². The minimum absolute atomic E-state index is 0.0102. The van der Waals surface area contributed by atoms with Gasteiger partial charge in [-0.05, 0) is 12.8 Å². The molecule has 1 aliphatic rings. The van der Waals surface area contributed by atoms with Crippen molar-refractivity contribution < 1.29 is 15.5 Å². The first-order valence-corrected chi connectivity index (χ1v) is 3.34. The molecule has 0 spiro atoms. The van der Waals surface area contributed by atoms with Crippen molar-refractivity contribution in [2.45, 2.75) is 31.2 Å². The Bertz CT molecular complexity index is 163. The molecule has 0 saturated carbocycles. The van der Waals surface area contributed by atoms with Gasteiger partial charge in [0.1, 0.15) is 18.2 Å². The van der Waals surface area contributed by atoms with Gasteiger partial charge in [-0.25, -0.2) is 0 Å². The predicted molar refractivity (Wildman–Crippen MR) is 36.0 cm³/mol. The molecule has 0 aliphatic carbocycles. The summed E-state index contributed by atoms with van der Waals surface area (Å²) in [6.45, 7) is 1.84. The van der Waals surface area contributed by atoms with Gasteiger partial charge in [0.05, 0.1) is 0 Å². The lowest BCUT2D eigenvalue weighted by molar-refractivity contribution is -0.692. The van der Waals surface area contributed by atoms with Gasteiger partial charge in [-0.15, -0.1) is 6.42 Å². The van der Waals surface area contributed by atoms with Crippen molar-refractivity contribution >= 4 is 0 Å². The highest BCUT2D eigenvalue weighted by atomic mass is 16.3. The molecule has 4 atom stereocenters. The normalized spacial score (nSPS) is 47.0. The van der Waals surface area contributed by atoms with Gasteiger partial charge in [-0.2, -0.15) is 0 Å². The summed E-state index contributed by atoms with van der Waals surface area (Å²) in [7, 11) is 0. The van der Waals surface area contributed by atoms with Crippen LogP contribution in [0.4, 0.5) is 0 Å². The minimum Gasteiger partial charge on any atom is -0.384 e. The van der Waals surface area contributed by atoms with Crippen molar-refractivity contribution in [1.82, 2.24) is 0 Å². The van der Waals surface area contributed by atoms with Crippen LogP contribution in [0.5, 0.6) is 0 Å². The molecule has 4 N–H and O–H groups in total. The Morgan fingerprint density at radius 3 is 2.20 bits per heavy atom. The van der Waals surface area contributed by atoms with E-state index in [9.17, 15) is 10.2 Å². The average molecular weight is 142 g/mol. The molecule has 0 unspecified atom stereocenters. The molecule has 56 valence electrons. The van der Waals surface area contributed by atoms with E-state index >= 15 is 0 Å². The summed E-state index contributed by atoms with van der Waals surface area (Å²) in [6, 6.07) is -0.263. The van der Waals surface area contributed by atoms with Gasteiger partial charge in [0.2, 0.25) is 0 Å². The molecule has 0 aromatic heterocycles. The van der Waals surface area contributed by atoms with Crippen LogP contribution in [0, 0.1) is 12.3 Å². The van der Waals surface area contributed by atoms with Crippen LogP contribution in [0.2, 0.25) is 0 Å². The molecular weight excluding hydrogens is 130 g/mol. The summed E-state index contributed by atoms with van der Waals surface area (Å²) < 4.78 is 0. The quantitative estimate of drug-likeness (QED) is 0.332. The van der Waals surface area contributed by atoms with Crippen molar-refractivity contribution in [3.05, 3.63) is 0 Å².